The lowest BCUT2D eigenvalue weighted by atomic mass is 10.2. The van der Waals surface area contributed by atoms with Gasteiger partial charge in [0.1, 0.15) is 5.82 Å². The number of halogens is 1. The van der Waals surface area contributed by atoms with Gasteiger partial charge in [-0.3, -0.25) is 14.2 Å². The van der Waals surface area contributed by atoms with Gasteiger partial charge in [-0.25, -0.2) is 9.97 Å². The summed E-state index contributed by atoms with van der Waals surface area (Å²) >= 11 is 5.73. The van der Waals surface area contributed by atoms with Crippen molar-refractivity contribution in [3.05, 3.63) is 64.3 Å². The minimum atomic E-state index is -0.236. The van der Waals surface area contributed by atoms with Gasteiger partial charge in [-0.05, 0) is 24.3 Å². The number of amides is 1. The fourth-order valence-electron chi connectivity index (χ4n) is 2.14. The number of fused-ring (bicyclic) bond motifs is 1. The number of aryl methyl sites for hydroxylation is 1. The lowest BCUT2D eigenvalue weighted by molar-refractivity contribution is -0.116. The summed E-state index contributed by atoms with van der Waals surface area (Å²) in [6.07, 6.45) is 3.05. The van der Waals surface area contributed by atoms with Gasteiger partial charge in [0, 0.05) is 19.2 Å². The first-order valence-electron chi connectivity index (χ1n) is 6.99. The molecule has 7 heteroatoms. The van der Waals surface area contributed by atoms with Crippen LogP contribution in [0.1, 0.15) is 6.42 Å². The second-order valence-corrected chi connectivity index (χ2v) is 5.36. The molecule has 2 aromatic heterocycles. The minimum Gasteiger partial charge on any atom is -0.311 e. The number of anilines is 1. The Labute approximate surface area is 136 Å². The molecule has 23 heavy (non-hydrogen) atoms. The van der Waals surface area contributed by atoms with Crippen LogP contribution >= 0.6 is 11.6 Å². The minimum absolute atomic E-state index is 0.143. The number of para-hydroxylation sites is 1. The average Bonchev–Trinajstić information content (AvgIpc) is 2.57. The average molecular weight is 329 g/mol. The van der Waals surface area contributed by atoms with Crippen molar-refractivity contribution in [1.29, 1.82) is 0 Å². The maximum atomic E-state index is 12.3. The molecule has 0 fully saturated rings. The van der Waals surface area contributed by atoms with Crippen LogP contribution in [-0.2, 0) is 11.3 Å². The van der Waals surface area contributed by atoms with Crippen LogP contribution in [0.4, 0.5) is 5.82 Å². The van der Waals surface area contributed by atoms with Gasteiger partial charge in [0.05, 0.1) is 22.3 Å². The SMILES string of the molecule is O=C(CCn1cnc2ccccc2c1=O)Nc1ccc(Cl)cn1. The van der Waals surface area contributed by atoms with Crippen LogP contribution in [0.2, 0.25) is 5.02 Å². The molecule has 1 aromatic carbocycles. The number of carbonyl (C=O) groups is 1. The Kier molecular flexibility index (Phi) is 4.34. The highest BCUT2D eigenvalue weighted by Crippen LogP contribution is 2.10. The summed E-state index contributed by atoms with van der Waals surface area (Å²) in [7, 11) is 0. The summed E-state index contributed by atoms with van der Waals surface area (Å²) in [6, 6.07) is 10.4. The molecule has 0 aliphatic carbocycles. The monoisotopic (exact) mass is 328 g/mol. The van der Waals surface area contributed by atoms with Crippen LogP contribution < -0.4 is 10.9 Å². The van der Waals surface area contributed by atoms with Crippen molar-refractivity contribution in [2.24, 2.45) is 0 Å². The van der Waals surface area contributed by atoms with Crippen LogP contribution in [0.3, 0.4) is 0 Å². The maximum absolute atomic E-state index is 12.3. The van der Waals surface area contributed by atoms with Crippen molar-refractivity contribution in [2.45, 2.75) is 13.0 Å². The number of aromatic nitrogens is 3. The predicted molar refractivity (Wildman–Crippen MR) is 88.5 cm³/mol. The van der Waals surface area contributed by atoms with Crippen LogP contribution in [0.15, 0.2) is 53.7 Å². The van der Waals surface area contributed by atoms with E-state index in [9.17, 15) is 9.59 Å². The molecule has 0 unspecified atom stereocenters. The van der Waals surface area contributed by atoms with Gasteiger partial charge >= 0.3 is 0 Å². The first-order chi connectivity index (χ1) is 11.1. The lowest BCUT2D eigenvalue weighted by Gasteiger charge is -2.07. The fourth-order valence-corrected chi connectivity index (χ4v) is 2.25. The van der Waals surface area contributed by atoms with E-state index in [1.165, 1.54) is 17.1 Å². The summed E-state index contributed by atoms with van der Waals surface area (Å²) in [5.41, 5.74) is 0.483. The highest BCUT2D eigenvalue weighted by molar-refractivity contribution is 6.30. The number of nitrogens with zero attached hydrogens (tertiary/aromatic N) is 3. The van der Waals surface area contributed by atoms with E-state index < -0.39 is 0 Å². The molecule has 0 saturated carbocycles. The third-order valence-electron chi connectivity index (χ3n) is 3.31. The van der Waals surface area contributed by atoms with Gasteiger partial charge in [-0.2, -0.15) is 0 Å². The topological polar surface area (TPSA) is 76.9 Å². The molecule has 1 amide bonds. The largest absolute Gasteiger partial charge is 0.311 e. The van der Waals surface area contributed by atoms with E-state index in [1.54, 1.807) is 30.3 Å². The standard InChI is InChI=1S/C16H13ClN4O2/c17-11-5-6-14(18-9-11)20-15(22)7-8-21-10-19-13-4-2-1-3-12(13)16(21)23/h1-6,9-10H,7-8H2,(H,18,20,22). The van der Waals surface area contributed by atoms with Crippen molar-refractivity contribution in [3.63, 3.8) is 0 Å². The molecule has 116 valence electrons. The van der Waals surface area contributed by atoms with Crippen molar-refractivity contribution < 1.29 is 4.79 Å². The summed E-state index contributed by atoms with van der Waals surface area (Å²) in [4.78, 5) is 32.4. The Morgan fingerprint density at radius 1 is 1.17 bits per heavy atom. The number of benzene rings is 1. The Bertz CT molecular complexity index is 906. The zero-order chi connectivity index (χ0) is 16.2. The van der Waals surface area contributed by atoms with E-state index in [-0.39, 0.29) is 24.4 Å². The molecular formula is C16H13ClN4O2. The smallest absolute Gasteiger partial charge is 0.261 e. The second-order valence-electron chi connectivity index (χ2n) is 4.92. The normalized spacial score (nSPS) is 10.7. The van der Waals surface area contributed by atoms with Gasteiger partial charge in [-0.15, -0.1) is 0 Å². The summed E-state index contributed by atoms with van der Waals surface area (Å²) < 4.78 is 1.43. The van der Waals surface area contributed by atoms with Gasteiger partial charge in [0.25, 0.3) is 5.56 Å². The van der Waals surface area contributed by atoms with E-state index in [0.717, 1.165) is 0 Å². The van der Waals surface area contributed by atoms with Crippen molar-refractivity contribution in [2.75, 3.05) is 5.32 Å². The second kappa shape index (κ2) is 6.58. The Morgan fingerprint density at radius 3 is 2.78 bits per heavy atom. The number of pyridine rings is 1. The maximum Gasteiger partial charge on any atom is 0.261 e. The summed E-state index contributed by atoms with van der Waals surface area (Å²) in [6.45, 7) is 0.246. The molecule has 0 saturated heterocycles. The summed E-state index contributed by atoms with van der Waals surface area (Å²) in [5.74, 6) is 0.184. The molecule has 0 aliphatic rings. The highest BCUT2D eigenvalue weighted by Gasteiger charge is 2.07. The van der Waals surface area contributed by atoms with Crippen molar-refractivity contribution in [3.8, 4) is 0 Å². The molecule has 0 bridgehead atoms. The van der Waals surface area contributed by atoms with Gasteiger partial charge in [-0.1, -0.05) is 23.7 Å². The Balaban J connectivity index is 1.68. The molecule has 0 radical (unpaired) electrons. The Hall–Kier alpha value is -2.73. The first-order valence-corrected chi connectivity index (χ1v) is 7.37. The number of nitrogens with one attached hydrogen (secondary N) is 1. The van der Waals surface area contributed by atoms with Crippen LogP contribution in [0.25, 0.3) is 10.9 Å². The number of rotatable bonds is 4. The third-order valence-corrected chi connectivity index (χ3v) is 3.53. The predicted octanol–water partition coefficient (Wildman–Crippen LogP) is 2.47. The van der Waals surface area contributed by atoms with Crippen molar-refractivity contribution in [1.82, 2.24) is 14.5 Å². The van der Waals surface area contributed by atoms with E-state index in [1.807, 2.05) is 6.07 Å². The molecule has 0 atom stereocenters. The molecule has 2 heterocycles. The van der Waals surface area contributed by atoms with Gasteiger partial charge in [0.2, 0.25) is 5.91 Å². The van der Waals surface area contributed by atoms with Crippen LogP contribution in [0.5, 0.6) is 0 Å². The van der Waals surface area contributed by atoms with Crippen LogP contribution in [-0.4, -0.2) is 20.4 Å². The number of hydrogen-bond acceptors (Lipinski definition) is 4. The van der Waals surface area contributed by atoms with Gasteiger partial charge in [0.15, 0.2) is 0 Å². The summed E-state index contributed by atoms with van der Waals surface area (Å²) in [5, 5.41) is 3.69. The molecule has 3 aromatic rings. The van der Waals surface area contributed by atoms with E-state index in [4.69, 9.17) is 11.6 Å². The molecule has 1 N–H and O–H groups in total. The highest BCUT2D eigenvalue weighted by atomic mass is 35.5. The van der Waals surface area contributed by atoms with E-state index in [0.29, 0.717) is 21.7 Å². The fraction of sp³-hybridized carbons (Fsp3) is 0.125. The number of hydrogen-bond donors (Lipinski definition) is 1. The molecule has 0 spiro atoms. The van der Waals surface area contributed by atoms with E-state index in [2.05, 4.69) is 15.3 Å². The molecular weight excluding hydrogens is 316 g/mol. The van der Waals surface area contributed by atoms with Gasteiger partial charge < -0.3 is 5.32 Å². The Morgan fingerprint density at radius 2 is 2.00 bits per heavy atom. The number of carbonyl (C=O) groups excluding carboxylic acids is 1. The first kappa shape index (κ1) is 15.2. The zero-order valence-corrected chi connectivity index (χ0v) is 12.8. The van der Waals surface area contributed by atoms with Crippen LogP contribution in [0, 0.1) is 0 Å². The quantitative estimate of drug-likeness (QED) is 0.798. The zero-order valence-electron chi connectivity index (χ0n) is 12.1. The lowest BCUT2D eigenvalue weighted by Crippen LogP contribution is -2.23. The molecule has 6 nitrogen and oxygen atoms in total. The molecule has 3 rings (SSSR count). The van der Waals surface area contributed by atoms with E-state index >= 15 is 0 Å². The molecule has 0 aliphatic heterocycles. The van der Waals surface area contributed by atoms with Crippen molar-refractivity contribution >= 4 is 34.2 Å². The third kappa shape index (κ3) is 3.54.